The van der Waals surface area contributed by atoms with E-state index in [1.54, 1.807) is 20.8 Å². The molecule has 3 N–H and O–H groups in total. The number of hydrogen-bond donors (Lipinski definition) is 3. The average molecular weight is 424 g/mol. The smallest absolute Gasteiger partial charge is 0.407 e. The summed E-state index contributed by atoms with van der Waals surface area (Å²) in [6.45, 7) is 5.30. The number of carboxylic acid groups (broad SMARTS) is 1. The fourth-order valence-electron chi connectivity index (χ4n) is 3.92. The second kappa shape index (κ2) is 9.64. The third-order valence-electron chi connectivity index (χ3n) is 5.45. The molecule has 0 saturated carbocycles. The first-order valence-corrected chi connectivity index (χ1v) is 10.4. The van der Waals surface area contributed by atoms with E-state index in [0.717, 1.165) is 22.3 Å². The Morgan fingerprint density at radius 1 is 0.935 bits per heavy atom. The van der Waals surface area contributed by atoms with Crippen LogP contribution in [0.25, 0.3) is 11.1 Å². The monoisotopic (exact) mass is 424 g/mol. The van der Waals surface area contributed by atoms with E-state index in [0.29, 0.717) is 0 Å². The van der Waals surface area contributed by atoms with Crippen molar-refractivity contribution in [3.8, 4) is 11.1 Å². The summed E-state index contributed by atoms with van der Waals surface area (Å²) in [5.74, 6) is -1.81. The number of benzene rings is 2. The molecule has 0 heterocycles. The minimum atomic E-state index is -1.08. The van der Waals surface area contributed by atoms with E-state index in [1.807, 2.05) is 36.4 Å². The number of carboxylic acids is 1. The molecule has 3 rings (SSSR count). The third-order valence-corrected chi connectivity index (χ3v) is 5.45. The minimum Gasteiger partial charge on any atom is -0.480 e. The molecule has 1 aliphatic carbocycles. The van der Waals surface area contributed by atoms with Gasteiger partial charge in [-0.1, -0.05) is 62.4 Å². The molecule has 31 heavy (non-hydrogen) atoms. The van der Waals surface area contributed by atoms with Crippen LogP contribution in [-0.4, -0.2) is 41.8 Å². The first-order valence-electron chi connectivity index (χ1n) is 10.4. The van der Waals surface area contributed by atoms with Crippen LogP contribution in [-0.2, 0) is 14.3 Å². The van der Waals surface area contributed by atoms with Crippen LogP contribution in [0.15, 0.2) is 48.5 Å². The lowest BCUT2D eigenvalue weighted by molar-refractivity contribution is -0.143. The topological polar surface area (TPSA) is 105 Å². The molecule has 2 aromatic rings. The minimum absolute atomic E-state index is 0.0410. The van der Waals surface area contributed by atoms with Crippen molar-refractivity contribution in [2.75, 3.05) is 6.61 Å². The molecule has 0 saturated heterocycles. The van der Waals surface area contributed by atoms with Gasteiger partial charge in [-0.05, 0) is 35.1 Å². The summed E-state index contributed by atoms with van der Waals surface area (Å²) in [7, 11) is 0. The Kier molecular flexibility index (Phi) is 6.95. The van der Waals surface area contributed by atoms with E-state index in [2.05, 4.69) is 22.8 Å². The molecule has 2 aromatic carbocycles. The molecular formula is C24H28N2O5. The van der Waals surface area contributed by atoms with E-state index in [1.165, 1.54) is 0 Å². The van der Waals surface area contributed by atoms with E-state index in [9.17, 15) is 19.5 Å². The number of nitrogens with one attached hydrogen (secondary N) is 2. The summed E-state index contributed by atoms with van der Waals surface area (Å²) in [5.41, 5.74) is 4.54. The highest BCUT2D eigenvalue weighted by Gasteiger charge is 2.29. The van der Waals surface area contributed by atoms with Crippen LogP contribution < -0.4 is 10.6 Å². The molecule has 0 radical (unpaired) electrons. The molecule has 0 unspecified atom stereocenters. The highest BCUT2D eigenvalue weighted by atomic mass is 16.5. The molecule has 7 heteroatoms. The van der Waals surface area contributed by atoms with Gasteiger partial charge in [-0.15, -0.1) is 0 Å². The summed E-state index contributed by atoms with van der Waals surface area (Å²) in [6.07, 6.45) is -0.651. The lowest BCUT2D eigenvalue weighted by atomic mass is 9.98. The van der Waals surface area contributed by atoms with Gasteiger partial charge in [-0.3, -0.25) is 4.79 Å². The number of carbonyl (C=O) groups excluding carboxylic acids is 2. The van der Waals surface area contributed by atoms with Gasteiger partial charge >= 0.3 is 12.1 Å². The summed E-state index contributed by atoms with van der Waals surface area (Å²) in [6, 6.07) is 14.7. The highest BCUT2D eigenvalue weighted by molar-refractivity contribution is 5.84. The predicted octanol–water partition coefficient (Wildman–Crippen LogP) is 3.53. The molecule has 0 bridgehead atoms. The largest absolute Gasteiger partial charge is 0.480 e. The molecule has 0 aromatic heterocycles. The molecule has 1 aliphatic rings. The van der Waals surface area contributed by atoms with Crippen LogP contribution in [0.4, 0.5) is 4.79 Å². The number of ether oxygens (including phenoxy) is 1. The van der Waals surface area contributed by atoms with Crippen molar-refractivity contribution in [3.05, 3.63) is 59.7 Å². The number of fused-ring (bicyclic) bond motifs is 3. The Morgan fingerprint density at radius 3 is 2.00 bits per heavy atom. The van der Waals surface area contributed by atoms with Crippen molar-refractivity contribution in [2.45, 2.75) is 45.2 Å². The number of carbonyl (C=O) groups is 3. The SMILES string of the molecule is CC(C)[C@@H](NC(=O)C[C@@H](C)NC(=O)OCC1c2ccccc2-c2ccccc21)C(=O)O. The molecule has 0 fully saturated rings. The normalized spacial score (nSPS) is 14.3. The summed E-state index contributed by atoms with van der Waals surface area (Å²) >= 11 is 0. The van der Waals surface area contributed by atoms with Crippen LogP contribution in [0.3, 0.4) is 0 Å². The fourth-order valence-corrected chi connectivity index (χ4v) is 3.92. The standard InChI is InChI=1S/C24H28N2O5/c1-14(2)22(23(28)29)26-21(27)12-15(3)25-24(30)31-13-20-18-10-6-4-8-16(18)17-9-5-7-11-19(17)20/h4-11,14-15,20,22H,12-13H2,1-3H3,(H,25,30)(H,26,27)(H,28,29)/t15-,22-/m1/s1. The van der Waals surface area contributed by atoms with Gasteiger partial charge in [0.25, 0.3) is 0 Å². The Labute approximate surface area is 181 Å². The van der Waals surface area contributed by atoms with Crippen molar-refractivity contribution >= 4 is 18.0 Å². The lowest BCUT2D eigenvalue weighted by Gasteiger charge is -2.20. The summed E-state index contributed by atoms with van der Waals surface area (Å²) in [5, 5.41) is 14.3. The van der Waals surface area contributed by atoms with Crippen LogP contribution in [0.2, 0.25) is 0 Å². The van der Waals surface area contributed by atoms with Crippen molar-refractivity contribution in [1.82, 2.24) is 10.6 Å². The van der Waals surface area contributed by atoms with E-state index in [-0.39, 0.29) is 24.9 Å². The molecule has 164 valence electrons. The maximum atomic E-state index is 12.3. The molecule has 7 nitrogen and oxygen atoms in total. The van der Waals surface area contributed by atoms with Gasteiger partial charge in [0.05, 0.1) is 0 Å². The zero-order valence-electron chi connectivity index (χ0n) is 17.9. The molecule has 2 amide bonds. The second-order valence-electron chi connectivity index (χ2n) is 8.20. The molecule has 0 aliphatic heterocycles. The number of hydrogen-bond acceptors (Lipinski definition) is 4. The number of aliphatic carboxylic acids is 1. The molecule has 0 spiro atoms. The van der Waals surface area contributed by atoms with Crippen LogP contribution in [0.5, 0.6) is 0 Å². The zero-order valence-corrected chi connectivity index (χ0v) is 17.9. The van der Waals surface area contributed by atoms with Gasteiger partial charge < -0.3 is 20.5 Å². The maximum Gasteiger partial charge on any atom is 0.407 e. The van der Waals surface area contributed by atoms with Gasteiger partial charge in [0.2, 0.25) is 5.91 Å². The Hall–Kier alpha value is -3.35. The third kappa shape index (κ3) is 5.23. The van der Waals surface area contributed by atoms with Gasteiger partial charge in [-0.25, -0.2) is 9.59 Å². The van der Waals surface area contributed by atoms with Gasteiger partial charge in [0.1, 0.15) is 12.6 Å². The zero-order chi connectivity index (χ0) is 22.5. The molecular weight excluding hydrogens is 396 g/mol. The summed E-state index contributed by atoms with van der Waals surface area (Å²) in [4.78, 5) is 35.6. The van der Waals surface area contributed by atoms with Gasteiger partial charge in [-0.2, -0.15) is 0 Å². The van der Waals surface area contributed by atoms with Gasteiger partial charge in [0.15, 0.2) is 0 Å². The van der Waals surface area contributed by atoms with Crippen LogP contribution in [0, 0.1) is 5.92 Å². The van der Waals surface area contributed by atoms with Crippen LogP contribution >= 0.6 is 0 Å². The van der Waals surface area contributed by atoms with Crippen molar-refractivity contribution in [2.24, 2.45) is 5.92 Å². The van der Waals surface area contributed by atoms with Crippen molar-refractivity contribution in [3.63, 3.8) is 0 Å². The lowest BCUT2D eigenvalue weighted by Crippen LogP contribution is -2.46. The Bertz CT molecular complexity index is 926. The Balaban J connectivity index is 1.54. The predicted molar refractivity (Wildman–Crippen MR) is 117 cm³/mol. The summed E-state index contributed by atoms with van der Waals surface area (Å²) < 4.78 is 5.47. The number of alkyl carbamates (subject to hydrolysis) is 1. The van der Waals surface area contributed by atoms with Crippen molar-refractivity contribution < 1.29 is 24.2 Å². The maximum absolute atomic E-state index is 12.3. The van der Waals surface area contributed by atoms with E-state index < -0.39 is 30.1 Å². The second-order valence-corrected chi connectivity index (χ2v) is 8.20. The van der Waals surface area contributed by atoms with E-state index >= 15 is 0 Å². The number of amides is 2. The first-order chi connectivity index (χ1) is 14.8. The van der Waals surface area contributed by atoms with Crippen LogP contribution in [0.1, 0.15) is 44.2 Å². The highest BCUT2D eigenvalue weighted by Crippen LogP contribution is 2.44. The van der Waals surface area contributed by atoms with Gasteiger partial charge in [0, 0.05) is 18.4 Å². The van der Waals surface area contributed by atoms with Crippen molar-refractivity contribution in [1.29, 1.82) is 0 Å². The molecule has 2 atom stereocenters. The Morgan fingerprint density at radius 2 is 1.48 bits per heavy atom. The number of rotatable bonds is 8. The fraction of sp³-hybridized carbons (Fsp3) is 0.375. The van der Waals surface area contributed by atoms with E-state index in [4.69, 9.17) is 4.74 Å². The first kappa shape index (κ1) is 22.3. The quantitative estimate of drug-likeness (QED) is 0.601. The average Bonchev–Trinajstić information content (AvgIpc) is 3.04.